The van der Waals surface area contributed by atoms with Gasteiger partial charge >= 0.3 is 0 Å². The lowest BCUT2D eigenvalue weighted by molar-refractivity contribution is 1.10. The smallest absolute Gasteiger partial charge is 0.129 e. The number of aromatic nitrogens is 2. The second-order valence-corrected chi connectivity index (χ2v) is 4.57. The second-order valence-electron chi connectivity index (χ2n) is 3.65. The molecule has 0 spiro atoms. The Bertz CT molecular complexity index is 509. The highest BCUT2D eigenvalue weighted by molar-refractivity contribution is 9.10. The first-order chi connectivity index (χ1) is 8.26. The molecule has 2 aromatic rings. The molecule has 0 fully saturated rings. The van der Waals surface area contributed by atoms with Crippen molar-refractivity contribution in [3.05, 3.63) is 40.6 Å². The van der Waals surface area contributed by atoms with Crippen LogP contribution >= 0.6 is 15.9 Å². The Hall–Kier alpha value is -1.42. The molecule has 0 amide bonds. The summed E-state index contributed by atoms with van der Waals surface area (Å²) >= 11 is 3.39. The van der Waals surface area contributed by atoms with E-state index in [-0.39, 0.29) is 0 Å². The van der Waals surface area contributed by atoms with E-state index in [1.165, 1.54) is 5.56 Å². The zero-order chi connectivity index (χ0) is 12.3. The highest BCUT2D eigenvalue weighted by atomic mass is 79.9. The Kier molecular flexibility index (Phi) is 3.74. The number of nitrogens with zero attached hydrogens (tertiary/aromatic N) is 2. The van der Waals surface area contributed by atoms with E-state index in [2.05, 4.69) is 38.1 Å². The summed E-state index contributed by atoms with van der Waals surface area (Å²) in [6.45, 7) is 2.13. The summed E-state index contributed by atoms with van der Waals surface area (Å²) in [6, 6.07) is 6.02. The maximum atomic E-state index is 4.43. The van der Waals surface area contributed by atoms with E-state index in [1.807, 2.05) is 37.6 Å². The van der Waals surface area contributed by atoms with E-state index in [1.54, 1.807) is 0 Å². The predicted molar refractivity (Wildman–Crippen MR) is 74.1 cm³/mol. The summed E-state index contributed by atoms with van der Waals surface area (Å²) in [7, 11) is 1.89. The summed E-state index contributed by atoms with van der Waals surface area (Å²) in [4.78, 5) is 8.75. The van der Waals surface area contributed by atoms with Crippen LogP contribution in [0.3, 0.4) is 0 Å². The van der Waals surface area contributed by atoms with Crippen molar-refractivity contribution in [2.75, 3.05) is 12.4 Å². The van der Waals surface area contributed by atoms with Crippen molar-refractivity contribution >= 4 is 21.7 Å². The number of halogens is 1. The molecule has 2 heterocycles. The molecule has 0 aromatic carbocycles. The van der Waals surface area contributed by atoms with E-state index < -0.39 is 0 Å². The zero-order valence-electron chi connectivity index (χ0n) is 9.87. The van der Waals surface area contributed by atoms with Crippen LogP contribution in [0, 0.1) is 0 Å². The van der Waals surface area contributed by atoms with Crippen LogP contribution in [-0.2, 0) is 6.42 Å². The summed E-state index contributed by atoms with van der Waals surface area (Å²) < 4.78 is 0.988. The molecular formula is C13H14BrN3. The SMILES string of the molecule is CCc1c(-c2ccc(Br)cn2)ccnc1NC. The van der Waals surface area contributed by atoms with Crippen LogP contribution in [-0.4, -0.2) is 17.0 Å². The highest BCUT2D eigenvalue weighted by Gasteiger charge is 2.09. The maximum Gasteiger partial charge on any atom is 0.129 e. The molecule has 0 bridgehead atoms. The first-order valence-electron chi connectivity index (χ1n) is 5.53. The van der Waals surface area contributed by atoms with Gasteiger partial charge in [-0.1, -0.05) is 6.92 Å². The van der Waals surface area contributed by atoms with Crippen LogP contribution in [0.5, 0.6) is 0 Å². The fraction of sp³-hybridized carbons (Fsp3) is 0.231. The van der Waals surface area contributed by atoms with Crippen molar-refractivity contribution in [2.45, 2.75) is 13.3 Å². The minimum absolute atomic E-state index is 0.926. The van der Waals surface area contributed by atoms with Crippen molar-refractivity contribution in [3.8, 4) is 11.3 Å². The molecule has 2 aromatic heterocycles. The summed E-state index contributed by atoms with van der Waals surface area (Å²) in [5.74, 6) is 0.926. The van der Waals surface area contributed by atoms with Crippen molar-refractivity contribution in [1.82, 2.24) is 9.97 Å². The Balaban J connectivity index is 2.54. The van der Waals surface area contributed by atoms with Crippen molar-refractivity contribution in [2.24, 2.45) is 0 Å². The lowest BCUT2D eigenvalue weighted by atomic mass is 10.0. The third-order valence-corrected chi connectivity index (χ3v) is 3.12. The number of nitrogens with one attached hydrogen (secondary N) is 1. The molecule has 2 rings (SSSR count). The van der Waals surface area contributed by atoms with E-state index in [4.69, 9.17) is 0 Å². The Morgan fingerprint density at radius 2 is 2.06 bits per heavy atom. The largest absolute Gasteiger partial charge is 0.373 e. The van der Waals surface area contributed by atoms with Gasteiger partial charge in [0.15, 0.2) is 0 Å². The van der Waals surface area contributed by atoms with E-state index in [0.29, 0.717) is 0 Å². The monoisotopic (exact) mass is 291 g/mol. The highest BCUT2D eigenvalue weighted by Crippen LogP contribution is 2.27. The number of anilines is 1. The lowest BCUT2D eigenvalue weighted by Gasteiger charge is -2.11. The average molecular weight is 292 g/mol. The zero-order valence-corrected chi connectivity index (χ0v) is 11.5. The summed E-state index contributed by atoms with van der Waals surface area (Å²) in [5.41, 5.74) is 3.31. The number of pyridine rings is 2. The van der Waals surface area contributed by atoms with Crippen LogP contribution in [0.25, 0.3) is 11.3 Å². The maximum absolute atomic E-state index is 4.43. The Morgan fingerprint density at radius 3 is 2.65 bits per heavy atom. The molecule has 0 aliphatic carbocycles. The molecule has 0 atom stereocenters. The molecule has 0 saturated carbocycles. The van der Waals surface area contributed by atoms with Crippen LogP contribution < -0.4 is 5.32 Å². The minimum atomic E-state index is 0.926. The molecule has 0 aliphatic rings. The molecule has 17 heavy (non-hydrogen) atoms. The fourth-order valence-electron chi connectivity index (χ4n) is 1.84. The first kappa shape index (κ1) is 12.0. The molecule has 3 nitrogen and oxygen atoms in total. The quantitative estimate of drug-likeness (QED) is 0.940. The molecule has 0 unspecified atom stereocenters. The van der Waals surface area contributed by atoms with Gasteiger partial charge in [0.1, 0.15) is 5.82 Å². The van der Waals surface area contributed by atoms with Gasteiger partial charge in [-0.15, -0.1) is 0 Å². The van der Waals surface area contributed by atoms with Gasteiger partial charge in [-0.25, -0.2) is 4.98 Å². The van der Waals surface area contributed by atoms with Crippen molar-refractivity contribution in [3.63, 3.8) is 0 Å². The number of rotatable bonds is 3. The van der Waals surface area contributed by atoms with Crippen LogP contribution in [0.4, 0.5) is 5.82 Å². The van der Waals surface area contributed by atoms with E-state index >= 15 is 0 Å². The first-order valence-corrected chi connectivity index (χ1v) is 6.33. The van der Waals surface area contributed by atoms with Gasteiger partial charge in [-0.2, -0.15) is 0 Å². The molecule has 4 heteroatoms. The van der Waals surface area contributed by atoms with Crippen LogP contribution in [0.15, 0.2) is 35.1 Å². The van der Waals surface area contributed by atoms with Gasteiger partial charge in [0, 0.05) is 35.0 Å². The normalized spacial score (nSPS) is 10.3. The van der Waals surface area contributed by atoms with Crippen LogP contribution in [0.2, 0.25) is 0 Å². The average Bonchev–Trinajstić information content (AvgIpc) is 2.38. The van der Waals surface area contributed by atoms with Gasteiger partial charge in [-0.05, 0) is 40.5 Å². The fourth-order valence-corrected chi connectivity index (χ4v) is 2.08. The second kappa shape index (κ2) is 5.27. The Morgan fingerprint density at radius 1 is 1.24 bits per heavy atom. The third kappa shape index (κ3) is 2.47. The molecule has 88 valence electrons. The van der Waals surface area contributed by atoms with Gasteiger partial charge in [0.25, 0.3) is 0 Å². The lowest BCUT2D eigenvalue weighted by Crippen LogP contribution is -2.00. The molecule has 0 aliphatic heterocycles. The summed E-state index contributed by atoms with van der Waals surface area (Å²) in [6.07, 6.45) is 4.55. The Labute approximate surface area is 109 Å². The standard InChI is InChI=1S/C13H14BrN3/c1-3-10-11(6-7-16-13(10)15-2)12-5-4-9(14)8-17-12/h4-8H,3H2,1-2H3,(H,15,16). The minimum Gasteiger partial charge on any atom is -0.373 e. The van der Waals surface area contributed by atoms with Gasteiger partial charge in [0.05, 0.1) is 5.69 Å². The number of hydrogen-bond donors (Lipinski definition) is 1. The van der Waals surface area contributed by atoms with Crippen molar-refractivity contribution < 1.29 is 0 Å². The van der Waals surface area contributed by atoms with Gasteiger partial charge in [0.2, 0.25) is 0 Å². The summed E-state index contributed by atoms with van der Waals surface area (Å²) in [5, 5.41) is 3.12. The molecule has 0 saturated heterocycles. The van der Waals surface area contributed by atoms with E-state index in [9.17, 15) is 0 Å². The van der Waals surface area contributed by atoms with Crippen molar-refractivity contribution in [1.29, 1.82) is 0 Å². The molecule has 1 N–H and O–H groups in total. The molecular weight excluding hydrogens is 278 g/mol. The van der Waals surface area contributed by atoms with Gasteiger partial charge in [-0.3, -0.25) is 4.98 Å². The van der Waals surface area contributed by atoms with Gasteiger partial charge < -0.3 is 5.32 Å². The topological polar surface area (TPSA) is 37.8 Å². The number of hydrogen-bond acceptors (Lipinski definition) is 3. The molecule has 0 radical (unpaired) electrons. The predicted octanol–water partition coefficient (Wildman–Crippen LogP) is 3.51. The third-order valence-electron chi connectivity index (χ3n) is 2.65. The van der Waals surface area contributed by atoms with Crippen LogP contribution in [0.1, 0.15) is 12.5 Å². The van der Waals surface area contributed by atoms with E-state index in [0.717, 1.165) is 28.0 Å².